The maximum Gasteiger partial charge on any atom is 0.253 e. The summed E-state index contributed by atoms with van der Waals surface area (Å²) in [5.74, 6) is -0.0136. The van der Waals surface area contributed by atoms with Gasteiger partial charge in [-0.15, -0.1) is 0 Å². The van der Waals surface area contributed by atoms with Gasteiger partial charge in [0.15, 0.2) is 0 Å². The second-order valence-electron chi connectivity index (χ2n) is 6.16. The number of carbonyl (C=O) groups excluding carboxylic acids is 1. The Bertz CT molecular complexity index is 676. The Balaban J connectivity index is 2.32. The predicted octanol–water partition coefficient (Wildman–Crippen LogP) is 2.61. The van der Waals surface area contributed by atoms with Gasteiger partial charge in [-0.1, -0.05) is 30.3 Å². The lowest BCUT2D eigenvalue weighted by atomic mass is 9.96. The van der Waals surface area contributed by atoms with Gasteiger partial charge in [-0.2, -0.15) is 0 Å². The highest BCUT2D eigenvalue weighted by Gasteiger charge is 2.10. The molecule has 1 amide bonds. The first kappa shape index (κ1) is 17.2. The third-order valence-corrected chi connectivity index (χ3v) is 3.69. The zero-order valence-electron chi connectivity index (χ0n) is 14.2. The summed E-state index contributed by atoms with van der Waals surface area (Å²) in [6.45, 7) is 0.832. The molecule has 0 saturated heterocycles. The molecular formula is C19H24N2O2. The van der Waals surface area contributed by atoms with E-state index in [1.807, 2.05) is 50.5 Å². The molecule has 0 saturated carbocycles. The average Bonchev–Trinajstić information content (AvgIpc) is 2.53. The molecule has 0 aliphatic heterocycles. The van der Waals surface area contributed by atoms with Crippen molar-refractivity contribution in [2.24, 2.45) is 0 Å². The molecule has 0 heterocycles. The van der Waals surface area contributed by atoms with Gasteiger partial charge in [-0.05, 0) is 48.5 Å². The standard InChI is InChI=1S/C19H24N2O2/c1-20(2)12-14-5-10-18(17(11-14)13-22)15-6-8-16(9-7-15)19(23)21(3)4/h5-11,22H,12-13H2,1-4H3. The van der Waals surface area contributed by atoms with Gasteiger partial charge in [0.1, 0.15) is 0 Å². The molecule has 0 atom stereocenters. The minimum atomic E-state index is -0.0136. The molecule has 1 N–H and O–H groups in total. The molecule has 2 aromatic carbocycles. The van der Waals surface area contributed by atoms with E-state index in [4.69, 9.17) is 0 Å². The molecule has 0 bridgehead atoms. The van der Waals surface area contributed by atoms with Gasteiger partial charge in [0.05, 0.1) is 6.61 Å². The van der Waals surface area contributed by atoms with Crippen LogP contribution in [0, 0.1) is 0 Å². The van der Waals surface area contributed by atoms with Gasteiger partial charge in [0, 0.05) is 26.2 Å². The van der Waals surface area contributed by atoms with Gasteiger partial charge in [-0.3, -0.25) is 4.79 Å². The number of nitrogens with zero attached hydrogens (tertiary/aromatic N) is 2. The van der Waals surface area contributed by atoms with Gasteiger partial charge in [-0.25, -0.2) is 0 Å². The van der Waals surface area contributed by atoms with E-state index in [0.717, 1.165) is 23.2 Å². The fourth-order valence-electron chi connectivity index (χ4n) is 2.57. The van der Waals surface area contributed by atoms with E-state index >= 15 is 0 Å². The van der Waals surface area contributed by atoms with E-state index in [0.29, 0.717) is 5.56 Å². The summed E-state index contributed by atoms with van der Waals surface area (Å²) in [4.78, 5) is 15.6. The summed E-state index contributed by atoms with van der Waals surface area (Å²) in [6.07, 6.45) is 0. The van der Waals surface area contributed by atoms with Crippen LogP contribution in [0.4, 0.5) is 0 Å². The van der Waals surface area contributed by atoms with E-state index in [-0.39, 0.29) is 12.5 Å². The molecule has 122 valence electrons. The van der Waals surface area contributed by atoms with Gasteiger partial charge in [0.2, 0.25) is 0 Å². The summed E-state index contributed by atoms with van der Waals surface area (Å²) in [7, 11) is 7.52. The molecule has 2 rings (SSSR count). The number of carbonyl (C=O) groups is 1. The van der Waals surface area contributed by atoms with E-state index in [9.17, 15) is 9.90 Å². The molecule has 4 nitrogen and oxygen atoms in total. The molecule has 4 heteroatoms. The first-order valence-electron chi connectivity index (χ1n) is 7.62. The number of amides is 1. The fraction of sp³-hybridized carbons (Fsp3) is 0.316. The highest BCUT2D eigenvalue weighted by Crippen LogP contribution is 2.26. The number of rotatable bonds is 5. The molecule has 0 fully saturated rings. The first-order chi connectivity index (χ1) is 10.9. The number of aliphatic hydroxyl groups is 1. The van der Waals surface area contributed by atoms with Crippen molar-refractivity contribution in [1.29, 1.82) is 0 Å². The Kier molecular flexibility index (Phi) is 5.53. The van der Waals surface area contributed by atoms with Crippen molar-refractivity contribution in [1.82, 2.24) is 9.80 Å². The zero-order valence-corrected chi connectivity index (χ0v) is 14.2. The lowest BCUT2D eigenvalue weighted by molar-refractivity contribution is 0.0827. The minimum absolute atomic E-state index is 0.00498. The number of hydrogen-bond acceptors (Lipinski definition) is 3. The monoisotopic (exact) mass is 312 g/mol. The average molecular weight is 312 g/mol. The van der Waals surface area contributed by atoms with Crippen molar-refractivity contribution in [2.75, 3.05) is 28.2 Å². The highest BCUT2D eigenvalue weighted by atomic mass is 16.3. The molecule has 0 aliphatic rings. The number of aliphatic hydroxyl groups excluding tert-OH is 1. The van der Waals surface area contributed by atoms with Crippen molar-refractivity contribution in [3.05, 3.63) is 59.2 Å². The number of benzene rings is 2. The van der Waals surface area contributed by atoms with Crippen molar-refractivity contribution in [2.45, 2.75) is 13.2 Å². The highest BCUT2D eigenvalue weighted by molar-refractivity contribution is 5.94. The van der Waals surface area contributed by atoms with Crippen molar-refractivity contribution < 1.29 is 9.90 Å². The molecule has 0 unspecified atom stereocenters. The van der Waals surface area contributed by atoms with E-state index in [2.05, 4.69) is 11.0 Å². The summed E-state index contributed by atoms with van der Waals surface area (Å²) in [6, 6.07) is 13.7. The lowest BCUT2D eigenvalue weighted by Crippen LogP contribution is -2.21. The van der Waals surface area contributed by atoms with Crippen molar-refractivity contribution in [3.63, 3.8) is 0 Å². The normalized spacial score (nSPS) is 10.9. The van der Waals surface area contributed by atoms with E-state index in [1.54, 1.807) is 19.0 Å². The second kappa shape index (κ2) is 7.40. The van der Waals surface area contributed by atoms with Crippen LogP contribution in [0.2, 0.25) is 0 Å². The Morgan fingerprint density at radius 1 is 1.00 bits per heavy atom. The van der Waals surface area contributed by atoms with E-state index in [1.165, 1.54) is 5.56 Å². The van der Waals surface area contributed by atoms with Crippen LogP contribution >= 0.6 is 0 Å². The smallest absolute Gasteiger partial charge is 0.253 e. The Labute approximate surface area is 138 Å². The Morgan fingerprint density at radius 3 is 2.17 bits per heavy atom. The van der Waals surface area contributed by atoms with Crippen LogP contribution in [0.25, 0.3) is 11.1 Å². The van der Waals surface area contributed by atoms with Crippen LogP contribution < -0.4 is 0 Å². The van der Waals surface area contributed by atoms with Crippen LogP contribution in [0.15, 0.2) is 42.5 Å². The third kappa shape index (κ3) is 4.18. The van der Waals surface area contributed by atoms with Crippen LogP contribution in [0.5, 0.6) is 0 Å². The maximum atomic E-state index is 11.9. The molecule has 0 spiro atoms. The first-order valence-corrected chi connectivity index (χ1v) is 7.62. The summed E-state index contributed by atoms with van der Waals surface area (Å²) in [5.41, 5.74) is 4.73. The van der Waals surface area contributed by atoms with Gasteiger partial charge in [0.25, 0.3) is 5.91 Å². The molecule has 0 aliphatic carbocycles. The van der Waals surface area contributed by atoms with Gasteiger partial charge >= 0.3 is 0 Å². The van der Waals surface area contributed by atoms with Crippen LogP contribution in [0.3, 0.4) is 0 Å². The predicted molar refractivity (Wildman–Crippen MR) is 93.2 cm³/mol. The van der Waals surface area contributed by atoms with Crippen LogP contribution in [-0.2, 0) is 13.2 Å². The summed E-state index contributed by atoms with van der Waals surface area (Å²) in [5, 5.41) is 9.68. The number of hydrogen-bond donors (Lipinski definition) is 1. The SMILES string of the molecule is CN(C)Cc1ccc(-c2ccc(C(=O)N(C)C)cc2)c(CO)c1. The van der Waals surface area contributed by atoms with E-state index < -0.39 is 0 Å². The molecule has 2 aromatic rings. The quantitative estimate of drug-likeness (QED) is 0.923. The fourth-order valence-corrected chi connectivity index (χ4v) is 2.57. The van der Waals surface area contributed by atoms with Gasteiger partial charge < -0.3 is 14.9 Å². The zero-order chi connectivity index (χ0) is 17.0. The summed E-state index contributed by atoms with van der Waals surface area (Å²) < 4.78 is 0. The molecule has 23 heavy (non-hydrogen) atoms. The lowest BCUT2D eigenvalue weighted by Gasteiger charge is -2.14. The topological polar surface area (TPSA) is 43.8 Å². The Hall–Kier alpha value is -2.17. The van der Waals surface area contributed by atoms with Crippen LogP contribution in [0.1, 0.15) is 21.5 Å². The van der Waals surface area contributed by atoms with Crippen molar-refractivity contribution in [3.8, 4) is 11.1 Å². The molecular weight excluding hydrogens is 288 g/mol. The maximum absolute atomic E-state index is 11.9. The largest absolute Gasteiger partial charge is 0.392 e. The molecule has 0 aromatic heterocycles. The minimum Gasteiger partial charge on any atom is -0.392 e. The second-order valence-corrected chi connectivity index (χ2v) is 6.16. The Morgan fingerprint density at radius 2 is 1.65 bits per heavy atom. The molecule has 0 radical (unpaired) electrons. The third-order valence-electron chi connectivity index (χ3n) is 3.69. The summed E-state index contributed by atoms with van der Waals surface area (Å²) >= 11 is 0. The van der Waals surface area contributed by atoms with Crippen LogP contribution in [-0.4, -0.2) is 49.0 Å². The van der Waals surface area contributed by atoms with Crippen molar-refractivity contribution >= 4 is 5.91 Å².